The molecule has 0 atom stereocenters. The summed E-state index contributed by atoms with van der Waals surface area (Å²) in [4.78, 5) is 11.5. The van der Waals surface area contributed by atoms with E-state index in [-0.39, 0.29) is 11.3 Å². The topological polar surface area (TPSA) is 94.0 Å². The van der Waals surface area contributed by atoms with Gasteiger partial charge in [0.15, 0.2) is 0 Å². The van der Waals surface area contributed by atoms with Crippen LogP contribution < -0.4 is 5.84 Å². The highest BCUT2D eigenvalue weighted by molar-refractivity contribution is 6.14. The molecule has 0 spiro atoms. The summed E-state index contributed by atoms with van der Waals surface area (Å²) in [6, 6.07) is 0. The Morgan fingerprint density at radius 2 is 2.54 bits per heavy atom. The Bertz CT molecular complexity index is 342. The quantitative estimate of drug-likeness (QED) is 0.501. The van der Waals surface area contributed by atoms with E-state index >= 15 is 0 Å². The molecular formula is C7H10N4O2. The minimum Gasteiger partial charge on any atom is -0.478 e. The zero-order valence-electron chi connectivity index (χ0n) is 7.14. The molecule has 1 heterocycles. The Morgan fingerprint density at radius 3 is 2.92 bits per heavy atom. The number of nitrogens with two attached hydrogens (primary N) is 1. The van der Waals surface area contributed by atoms with E-state index in [1.807, 2.05) is 6.92 Å². The molecule has 70 valence electrons. The Hall–Kier alpha value is -1.85. The number of aromatic nitrogens is 3. The van der Waals surface area contributed by atoms with Gasteiger partial charge in [-0.05, 0) is 6.42 Å². The van der Waals surface area contributed by atoms with E-state index < -0.39 is 5.97 Å². The van der Waals surface area contributed by atoms with E-state index in [2.05, 4.69) is 10.2 Å². The minimum absolute atomic E-state index is 0.124. The Labute approximate surface area is 74.6 Å². The number of rotatable bonds is 3. The van der Waals surface area contributed by atoms with Crippen LogP contribution in [0.25, 0.3) is 5.57 Å². The number of allylic oxidation sites excluding steroid dienone is 1. The standard InChI is InChI=1S/C7H10N4O2/c1-2-3-5(7(12)13)6-4-9-11(8)10-6/h3-4H,2,8H2,1H3,(H,12,13)/b5-3-. The molecule has 0 saturated heterocycles. The number of nitrogens with zero attached hydrogens (tertiary/aromatic N) is 3. The molecule has 1 aromatic heterocycles. The smallest absolute Gasteiger partial charge is 0.337 e. The number of hydrogen-bond acceptors (Lipinski definition) is 4. The van der Waals surface area contributed by atoms with Crippen molar-refractivity contribution < 1.29 is 9.90 Å². The third kappa shape index (κ3) is 2.05. The van der Waals surface area contributed by atoms with Gasteiger partial charge in [-0.1, -0.05) is 17.9 Å². The lowest BCUT2D eigenvalue weighted by atomic mass is 10.2. The van der Waals surface area contributed by atoms with Crippen molar-refractivity contribution in [2.45, 2.75) is 13.3 Å². The van der Waals surface area contributed by atoms with Gasteiger partial charge in [0.1, 0.15) is 5.69 Å². The van der Waals surface area contributed by atoms with Crippen molar-refractivity contribution in [3.05, 3.63) is 18.0 Å². The predicted octanol–water partition coefficient (Wildman–Crippen LogP) is -0.130. The summed E-state index contributed by atoms with van der Waals surface area (Å²) in [5.41, 5.74) is 0.399. The van der Waals surface area contributed by atoms with E-state index in [9.17, 15) is 4.79 Å². The molecule has 0 aliphatic heterocycles. The fourth-order valence-electron chi connectivity index (χ4n) is 0.905. The van der Waals surface area contributed by atoms with Crippen LogP contribution in [0.4, 0.5) is 0 Å². The maximum absolute atomic E-state index is 10.7. The van der Waals surface area contributed by atoms with Crippen LogP contribution in [0.3, 0.4) is 0 Å². The average Bonchev–Trinajstić information content (AvgIpc) is 2.46. The summed E-state index contributed by atoms with van der Waals surface area (Å²) in [7, 11) is 0. The molecule has 0 radical (unpaired) electrons. The van der Waals surface area contributed by atoms with Crippen LogP contribution in [0.1, 0.15) is 19.0 Å². The zero-order valence-corrected chi connectivity index (χ0v) is 7.14. The number of carbonyl (C=O) groups is 1. The molecule has 6 heteroatoms. The molecule has 0 aliphatic rings. The molecule has 6 nitrogen and oxygen atoms in total. The summed E-state index contributed by atoms with van der Waals surface area (Å²) in [5.74, 6) is 4.16. The van der Waals surface area contributed by atoms with Gasteiger partial charge in [-0.15, -0.1) is 10.2 Å². The second-order valence-electron chi connectivity index (χ2n) is 2.38. The molecule has 0 fully saturated rings. The molecule has 13 heavy (non-hydrogen) atoms. The molecule has 0 aliphatic carbocycles. The van der Waals surface area contributed by atoms with E-state index in [1.165, 1.54) is 6.20 Å². The predicted molar refractivity (Wildman–Crippen MR) is 46.1 cm³/mol. The van der Waals surface area contributed by atoms with E-state index in [0.29, 0.717) is 6.42 Å². The van der Waals surface area contributed by atoms with Crippen molar-refractivity contribution in [1.82, 2.24) is 15.1 Å². The second kappa shape index (κ2) is 3.70. The fraction of sp³-hybridized carbons (Fsp3) is 0.286. The molecule has 1 rings (SSSR count). The van der Waals surface area contributed by atoms with Crippen molar-refractivity contribution in [3.8, 4) is 0 Å². The highest BCUT2D eigenvalue weighted by Gasteiger charge is 2.12. The molecule has 0 aromatic carbocycles. The van der Waals surface area contributed by atoms with E-state index in [0.717, 1.165) is 4.91 Å². The number of carboxylic acid groups (broad SMARTS) is 1. The summed E-state index contributed by atoms with van der Waals surface area (Å²) in [6.45, 7) is 1.84. The molecular weight excluding hydrogens is 172 g/mol. The lowest BCUT2D eigenvalue weighted by Gasteiger charge is -1.94. The third-order valence-electron chi connectivity index (χ3n) is 1.42. The largest absolute Gasteiger partial charge is 0.478 e. The van der Waals surface area contributed by atoms with Gasteiger partial charge in [0.05, 0.1) is 11.8 Å². The second-order valence-corrected chi connectivity index (χ2v) is 2.38. The van der Waals surface area contributed by atoms with Gasteiger partial charge >= 0.3 is 5.97 Å². The van der Waals surface area contributed by atoms with Crippen LogP contribution in [0, 0.1) is 0 Å². The monoisotopic (exact) mass is 182 g/mol. The first kappa shape index (κ1) is 9.24. The maximum Gasteiger partial charge on any atom is 0.337 e. The zero-order chi connectivity index (χ0) is 9.84. The molecule has 0 saturated carbocycles. The van der Waals surface area contributed by atoms with E-state index in [4.69, 9.17) is 10.9 Å². The summed E-state index contributed by atoms with van der Waals surface area (Å²) >= 11 is 0. The van der Waals surface area contributed by atoms with E-state index in [1.54, 1.807) is 6.08 Å². The highest BCUT2D eigenvalue weighted by Crippen LogP contribution is 2.10. The fourth-order valence-corrected chi connectivity index (χ4v) is 0.905. The summed E-state index contributed by atoms with van der Waals surface area (Å²) < 4.78 is 0. The molecule has 0 unspecified atom stereocenters. The van der Waals surface area contributed by atoms with Crippen LogP contribution in [0.5, 0.6) is 0 Å². The van der Waals surface area contributed by atoms with Crippen molar-refractivity contribution in [1.29, 1.82) is 0 Å². The molecule has 1 aromatic rings. The number of aliphatic carboxylic acids is 1. The summed E-state index contributed by atoms with van der Waals surface area (Å²) in [5, 5.41) is 16.0. The normalized spacial score (nSPS) is 11.6. The SMILES string of the molecule is CC/C=C(\C(=O)O)c1cnn(N)n1. The van der Waals surface area contributed by atoms with Crippen LogP contribution in [-0.2, 0) is 4.79 Å². The number of hydrogen-bond donors (Lipinski definition) is 2. The van der Waals surface area contributed by atoms with Crippen molar-refractivity contribution >= 4 is 11.5 Å². The lowest BCUT2D eigenvalue weighted by Crippen LogP contribution is -2.12. The molecule has 3 N–H and O–H groups in total. The van der Waals surface area contributed by atoms with Gasteiger partial charge in [-0.25, -0.2) is 4.79 Å². The maximum atomic E-state index is 10.7. The van der Waals surface area contributed by atoms with Crippen LogP contribution in [0.15, 0.2) is 12.3 Å². The van der Waals surface area contributed by atoms with Crippen molar-refractivity contribution in [2.24, 2.45) is 0 Å². The Morgan fingerprint density at radius 1 is 1.85 bits per heavy atom. The molecule has 0 amide bonds. The first-order valence-corrected chi connectivity index (χ1v) is 3.76. The van der Waals surface area contributed by atoms with Gasteiger partial charge in [-0.3, -0.25) is 0 Å². The Kier molecular flexibility index (Phi) is 2.63. The first-order valence-electron chi connectivity index (χ1n) is 3.76. The van der Waals surface area contributed by atoms with Gasteiger partial charge in [0, 0.05) is 0 Å². The summed E-state index contributed by atoms with van der Waals surface area (Å²) in [6.07, 6.45) is 3.50. The number of nitrogen functional groups attached to an aromatic ring is 1. The van der Waals surface area contributed by atoms with Crippen molar-refractivity contribution in [3.63, 3.8) is 0 Å². The van der Waals surface area contributed by atoms with Crippen LogP contribution >= 0.6 is 0 Å². The molecule has 0 bridgehead atoms. The Balaban J connectivity index is 3.02. The van der Waals surface area contributed by atoms with Gasteiger partial charge in [0.25, 0.3) is 0 Å². The lowest BCUT2D eigenvalue weighted by molar-refractivity contribution is -0.130. The van der Waals surface area contributed by atoms with Crippen molar-refractivity contribution in [2.75, 3.05) is 5.84 Å². The average molecular weight is 182 g/mol. The minimum atomic E-state index is -1.03. The first-order chi connectivity index (χ1) is 6.15. The highest BCUT2D eigenvalue weighted by atomic mass is 16.4. The van der Waals surface area contributed by atoms with Gasteiger partial charge in [-0.2, -0.15) is 0 Å². The van der Waals surface area contributed by atoms with Gasteiger partial charge < -0.3 is 10.9 Å². The number of carboxylic acids is 1. The van der Waals surface area contributed by atoms with Crippen LogP contribution in [0.2, 0.25) is 0 Å². The van der Waals surface area contributed by atoms with Gasteiger partial charge in [0.2, 0.25) is 0 Å². The third-order valence-corrected chi connectivity index (χ3v) is 1.42. The van der Waals surface area contributed by atoms with Crippen LogP contribution in [-0.4, -0.2) is 26.2 Å².